The molecular weight excluding hydrogens is 328 g/mol. The number of hydrogen-bond donors (Lipinski definition) is 0. The molecule has 0 bridgehead atoms. The minimum Gasteiger partial charge on any atom is -0.288 e. The molecule has 0 unspecified atom stereocenters. The molecule has 0 radical (unpaired) electrons. The maximum Gasteiger partial charge on any atom is 0.197 e. The Morgan fingerprint density at radius 1 is 0.760 bits per heavy atom. The molecular formula is C22H12O2S. The van der Waals surface area contributed by atoms with Crippen LogP contribution in [0.2, 0.25) is 0 Å². The number of allylic oxidation sites excluding steroid dienone is 1. The van der Waals surface area contributed by atoms with E-state index < -0.39 is 0 Å². The SMILES string of the molecule is O=C1C(=Cc2csc3ccccc23)C(=O)c2cc3ccccc3cc21. The second kappa shape index (κ2) is 5.23. The zero-order chi connectivity index (χ0) is 17.0. The molecule has 1 aliphatic rings. The quantitative estimate of drug-likeness (QED) is 0.338. The summed E-state index contributed by atoms with van der Waals surface area (Å²) in [7, 11) is 0. The lowest BCUT2D eigenvalue weighted by atomic mass is 10.0. The standard InChI is InChI=1S/C22H12O2S/c23-21-17-9-13-5-1-2-6-14(13)10-18(17)22(24)19(21)11-15-12-25-20-8-4-3-7-16(15)20/h1-12H. The Bertz CT molecular complexity index is 1170. The molecule has 1 aromatic heterocycles. The van der Waals surface area contributed by atoms with Crippen LogP contribution in [0.15, 0.2) is 71.6 Å². The molecule has 0 spiro atoms. The molecule has 25 heavy (non-hydrogen) atoms. The fraction of sp³-hybridized carbons (Fsp3) is 0. The van der Waals surface area contributed by atoms with Gasteiger partial charge in [-0.3, -0.25) is 9.59 Å². The van der Waals surface area contributed by atoms with Gasteiger partial charge < -0.3 is 0 Å². The molecule has 0 amide bonds. The summed E-state index contributed by atoms with van der Waals surface area (Å²) in [5.74, 6) is -0.359. The van der Waals surface area contributed by atoms with Crippen molar-refractivity contribution in [1.29, 1.82) is 0 Å². The summed E-state index contributed by atoms with van der Waals surface area (Å²) in [5, 5.41) is 5.02. The molecule has 2 nitrogen and oxygen atoms in total. The van der Waals surface area contributed by atoms with Gasteiger partial charge in [0.2, 0.25) is 0 Å². The number of carbonyl (C=O) groups excluding carboxylic acids is 2. The number of ketones is 2. The predicted molar refractivity (Wildman–Crippen MR) is 102 cm³/mol. The molecule has 0 N–H and O–H groups in total. The minimum atomic E-state index is -0.180. The molecule has 3 aromatic carbocycles. The summed E-state index contributed by atoms with van der Waals surface area (Å²) in [6.45, 7) is 0. The fourth-order valence-corrected chi connectivity index (χ4v) is 4.32. The minimum absolute atomic E-state index is 0.180. The van der Waals surface area contributed by atoms with Gasteiger partial charge in [0.05, 0.1) is 5.57 Å². The van der Waals surface area contributed by atoms with Gasteiger partial charge in [0.15, 0.2) is 11.6 Å². The van der Waals surface area contributed by atoms with Crippen molar-refractivity contribution in [2.75, 3.05) is 0 Å². The highest BCUT2D eigenvalue weighted by atomic mass is 32.1. The Morgan fingerprint density at radius 2 is 1.36 bits per heavy atom. The van der Waals surface area contributed by atoms with Gasteiger partial charge in [-0.2, -0.15) is 0 Å². The van der Waals surface area contributed by atoms with E-state index in [1.54, 1.807) is 17.4 Å². The summed E-state index contributed by atoms with van der Waals surface area (Å²) in [6, 6.07) is 19.5. The van der Waals surface area contributed by atoms with Gasteiger partial charge in [0, 0.05) is 15.8 Å². The Kier molecular flexibility index (Phi) is 2.99. The van der Waals surface area contributed by atoms with E-state index in [0.29, 0.717) is 11.1 Å². The lowest BCUT2D eigenvalue weighted by Gasteiger charge is -2.00. The molecule has 3 heteroatoms. The first-order chi connectivity index (χ1) is 12.2. The van der Waals surface area contributed by atoms with Gasteiger partial charge in [-0.1, -0.05) is 42.5 Å². The van der Waals surface area contributed by atoms with Crippen molar-refractivity contribution in [2.24, 2.45) is 0 Å². The van der Waals surface area contributed by atoms with E-state index in [4.69, 9.17) is 0 Å². The zero-order valence-electron chi connectivity index (χ0n) is 13.2. The number of hydrogen-bond acceptors (Lipinski definition) is 3. The van der Waals surface area contributed by atoms with Crippen LogP contribution >= 0.6 is 11.3 Å². The van der Waals surface area contributed by atoms with Crippen molar-refractivity contribution < 1.29 is 9.59 Å². The van der Waals surface area contributed by atoms with Crippen molar-refractivity contribution in [3.05, 3.63) is 88.3 Å². The van der Waals surface area contributed by atoms with Gasteiger partial charge in [0.25, 0.3) is 0 Å². The van der Waals surface area contributed by atoms with Crippen molar-refractivity contribution in [3.63, 3.8) is 0 Å². The van der Waals surface area contributed by atoms with E-state index in [-0.39, 0.29) is 17.1 Å². The molecule has 4 aromatic rings. The number of fused-ring (bicyclic) bond motifs is 3. The lowest BCUT2D eigenvalue weighted by Crippen LogP contribution is -1.99. The third-order valence-electron chi connectivity index (χ3n) is 4.68. The molecule has 118 valence electrons. The van der Waals surface area contributed by atoms with Crippen molar-refractivity contribution >= 4 is 49.8 Å². The van der Waals surface area contributed by atoms with Crippen LogP contribution in [0.3, 0.4) is 0 Å². The molecule has 0 saturated carbocycles. The van der Waals surface area contributed by atoms with Gasteiger partial charge in [0.1, 0.15) is 0 Å². The molecule has 1 aliphatic carbocycles. The van der Waals surface area contributed by atoms with Crippen molar-refractivity contribution in [3.8, 4) is 0 Å². The number of benzene rings is 3. The summed E-state index contributed by atoms with van der Waals surface area (Å²) < 4.78 is 1.15. The third-order valence-corrected chi connectivity index (χ3v) is 5.66. The van der Waals surface area contributed by atoms with Gasteiger partial charge >= 0.3 is 0 Å². The Balaban J connectivity index is 1.69. The second-order valence-electron chi connectivity index (χ2n) is 6.15. The Hall–Kier alpha value is -3.04. The molecule has 0 atom stereocenters. The largest absolute Gasteiger partial charge is 0.288 e. The maximum absolute atomic E-state index is 12.8. The van der Waals surface area contributed by atoms with E-state index >= 15 is 0 Å². The average Bonchev–Trinajstić information content (AvgIpc) is 3.16. The van der Waals surface area contributed by atoms with E-state index in [1.807, 2.05) is 66.0 Å². The highest BCUT2D eigenvalue weighted by Crippen LogP contribution is 2.34. The Labute approximate surface area is 148 Å². The van der Waals surface area contributed by atoms with Crippen LogP contribution in [0.1, 0.15) is 26.3 Å². The third kappa shape index (κ3) is 2.10. The number of Topliss-reactive ketones (excluding diaryl/α,β-unsaturated/α-hetero) is 2. The lowest BCUT2D eigenvalue weighted by molar-refractivity contribution is 0.0990. The summed E-state index contributed by atoms with van der Waals surface area (Å²) >= 11 is 1.62. The van der Waals surface area contributed by atoms with Gasteiger partial charge in [-0.05, 0) is 51.4 Å². The smallest absolute Gasteiger partial charge is 0.197 e. The molecule has 0 fully saturated rings. The predicted octanol–water partition coefficient (Wildman–Crippen LogP) is 5.52. The number of thiophene rings is 1. The van der Waals surface area contributed by atoms with Crippen LogP contribution in [0.25, 0.3) is 26.9 Å². The first kappa shape index (κ1) is 14.3. The topological polar surface area (TPSA) is 34.1 Å². The van der Waals surface area contributed by atoms with E-state index in [9.17, 15) is 9.59 Å². The van der Waals surface area contributed by atoms with E-state index in [0.717, 1.165) is 26.4 Å². The Morgan fingerprint density at radius 3 is 2.04 bits per heavy atom. The summed E-state index contributed by atoms with van der Waals surface area (Å²) in [5.41, 5.74) is 2.20. The maximum atomic E-state index is 12.8. The molecule has 0 aliphatic heterocycles. The fourth-order valence-electron chi connectivity index (χ4n) is 3.41. The highest BCUT2D eigenvalue weighted by Gasteiger charge is 2.33. The van der Waals surface area contributed by atoms with Crippen LogP contribution in [0.4, 0.5) is 0 Å². The summed E-state index contributed by atoms with van der Waals surface area (Å²) in [4.78, 5) is 25.7. The first-order valence-electron chi connectivity index (χ1n) is 8.02. The monoisotopic (exact) mass is 340 g/mol. The molecule has 5 rings (SSSR count). The van der Waals surface area contributed by atoms with E-state index in [2.05, 4.69) is 0 Å². The first-order valence-corrected chi connectivity index (χ1v) is 8.90. The second-order valence-corrected chi connectivity index (χ2v) is 7.06. The molecule has 0 saturated heterocycles. The van der Waals surface area contributed by atoms with Crippen molar-refractivity contribution in [1.82, 2.24) is 0 Å². The normalized spacial score (nSPS) is 13.7. The van der Waals surface area contributed by atoms with Crippen molar-refractivity contribution in [2.45, 2.75) is 0 Å². The van der Waals surface area contributed by atoms with E-state index in [1.165, 1.54) is 0 Å². The van der Waals surface area contributed by atoms with Crippen LogP contribution < -0.4 is 0 Å². The van der Waals surface area contributed by atoms with Crippen LogP contribution in [-0.4, -0.2) is 11.6 Å². The van der Waals surface area contributed by atoms with Crippen LogP contribution in [0.5, 0.6) is 0 Å². The van der Waals surface area contributed by atoms with Crippen LogP contribution in [-0.2, 0) is 0 Å². The van der Waals surface area contributed by atoms with Gasteiger partial charge in [-0.15, -0.1) is 11.3 Å². The summed E-state index contributed by atoms with van der Waals surface area (Å²) in [6.07, 6.45) is 1.74. The number of carbonyl (C=O) groups is 2. The van der Waals surface area contributed by atoms with Crippen LogP contribution in [0, 0.1) is 0 Å². The average molecular weight is 340 g/mol. The zero-order valence-corrected chi connectivity index (χ0v) is 14.0. The highest BCUT2D eigenvalue weighted by molar-refractivity contribution is 7.17. The van der Waals surface area contributed by atoms with Gasteiger partial charge in [-0.25, -0.2) is 0 Å². The molecule has 1 heterocycles. The number of rotatable bonds is 1.